The third-order valence-corrected chi connectivity index (χ3v) is 1.94. The Hall–Kier alpha value is -1.65. The first-order valence-electron chi connectivity index (χ1n) is 5.01. The van der Waals surface area contributed by atoms with Gasteiger partial charge in [-0.15, -0.1) is 0 Å². The van der Waals surface area contributed by atoms with E-state index in [2.05, 4.69) is 15.3 Å². The molecule has 1 aromatic rings. The van der Waals surface area contributed by atoms with Gasteiger partial charge in [0.15, 0.2) is 0 Å². The number of aliphatic carboxylic acids is 1. The van der Waals surface area contributed by atoms with Gasteiger partial charge in [0.25, 0.3) is 0 Å². The first kappa shape index (κ1) is 11.4. The molecule has 5 nitrogen and oxygen atoms in total. The first-order chi connectivity index (χ1) is 7.29. The van der Waals surface area contributed by atoms with Gasteiger partial charge < -0.3 is 10.4 Å². The number of carboxylic acids is 1. The molecule has 0 fully saturated rings. The van der Waals surface area contributed by atoms with Gasteiger partial charge in [0.1, 0.15) is 5.82 Å². The quantitative estimate of drug-likeness (QED) is 0.666. The molecule has 0 aliphatic heterocycles. The molecule has 5 heteroatoms. The SMILES string of the molecule is O=C(O)CCCCCNc1cnccn1. The van der Waals surface area contributed by atoms with Crippen LogP contribution in [0.1, 0.15) is 25.7 Å². The van der Waals surface area contributed by atoms with Crippen molar-refractivity contribution in [1.29, 1.82) is 0 Å². The van der Waals surface area contributed by atoms with E-state index in [1.165, 1.54) is 0 Å². The van der Waals surface area contributed by atoms with Gasteiger partial charge in [-0.1, -0.05) is 6.42 Å². The summed E-state index contributed by atoms with van der Waals surface area (Å²) >= 11 is 0. The molecule has 1 rings (SSSR count). The molecule has 0 unspecified atom stereocenters. The van der Waals surface area contributed by atoms with Gasteiger partial charge in [0.2, 0.25) is 0 Å². The fourth-order valence-corrected chi connectivity index (χ4v) is 1.18. The number of rotatable bonds is 7. The fourth-order valence-electron chi connectivity index (χ4n) is 1.18. The molecule has 82 valence electrons. The average Bonchev–Trinajstić information content (AvgIpc) is 2.24. The minimum absolute atomic E-state index is 0.255. The van der Waals surface area contributed by atoms with E-state index in [1.54, 1.807) is 18.6 Å². The lowest BCUT2D eigenvalue weighted by Gasteiger charge is -2.03. The Morgan fingerprint density at radius 3 is 2.87 bits per heavy atom. The zero-order valence-electron chi connectivity index (χ0n) is 8.52. The minimum atomic E-state index is -0.725. The number of aromatic nitrogens is 2. The Bertz CT molecular complexity index is 290. The molecule has 0 saturated heterocycles. The summed E-state index contributed by atoms with van der Waals surface area (Å²) < 4.78 is 0. The highest BCUT2D eigenvalue weighted by molar-refractivity contribution is 5.66. The highest BCUT2D eigenvalue weighted by Gasteiger charge is 1.96. The number of nitrogens with zero attached hydrogens (tertiary/aromatic N) is 2. The van der Waals surface area contributed by atoms with E-state index >= 15 is 0 Å². The summed E-state index contributed by atoms with van der Waals surface area (Å²) in [5.41, 5.74) is 0. The van der Waals surface area contributed by atoms with Gasteiger partial charge in [-0.05, 0) is 12.8 Å². The topological polar surface area (TPSA) is 75.1 Å². The molecule has 0 amide bonds. The van der Waals surface area contributed by atoms with Crippen molar-refractivity contribution in [2.75, 3.05) is 11.9 Å². The number of anilines is 1. The van der Waals surface area contributed by atoms with Crippen LogP contribution in [0.4, 0.5) is 5.82 Å². The molecule has 0 radical (unpaired) electrons. The number of carbonyl (C=O) groups is 1. The highest BCUT2D eigenvalue weighted by atomic mass is 16.4. The standard InChI is InChI=1S/C10H15N3O2/c14-10(15)4-2-1-3-5-12-9-8-11-6-7-13-9/h6-8H,1-5H2,(H,12,13)(H,14,15). The monoisotopic (exact) mass is 209 g/mol. The van der Waals surface area contributed by atoms with E-state index in [0.717, 1.165) is 31.6 Å². The number of unbranched alkanes of at least 4 members (excludes halogenated alkanes) is 2. The predicted octanol–water partition coefficient (Wildman–Crippen LogP) is 1.53. The molecule has 0 aromatic carbocycles. The average molecular weight is 209 g/mol. The second-order valence-corrected chi connectivity index (χ2v) is 3.22. The first-order valence-corrected chi connectivity index (χ1v) is 5.01. The molecule has 1 aromatic heterocycles. The van der Waals surface area contributed by atoms with Crippen LogP contribution in [-0.2, 0) is 4.79 Å². The lowest BCUT2D eigenvalue weighted by atomic mass is 10.2. The molecule has 2 N–H and O–H groups in total. The van der Waals surface area contributed by atoms with Crippen LogP contribution in [0.15, 0.2) is 18.6 Å². The molecule has 0 aliphatic rings. The minimum Gasteiger partial charge on any atom is -0.481 e. The van der Waals surface area contributed by atoms with Gasteiger partial charge in [0, 0.05) is 25.4 Å². The molecule has 0 bridgehead atoms. The van der Waals surface area contributed by atoms with Crippen molar-refractivity contribution in [3.63, 3.8) is 0 Å². The van der Waals surface area contributed by atoms with E-state index in [4.69, 9.17) is 5.11 Å². The van der Waals surface area contributed by atoms with Crippen LogP contribution in [0.2, 0.25) is 0 Å². The van der Waals surface area contributed by atoms with Gasteiger partial charge in [0.05, 0.1) is 6.20 Å². The Kier molecular flexibility index (Phi) is 5.14. The predicted molar refractivity (Wildman–Crippen MR) is 56.6 cm³/mol. The van der Waals surface area contributed by atoms with Crippen molar-refractivity contribution in [3.8, 4) is 0 Å². The van der Waals surface area contributed by atoms with Crippen LogP contribution in [0.3, 0.4) is 0 Å². The van der Waals surface area contributed by atoms with E-state index in [1.807, 2.05) is 0 Å². The molecule has 0 spiro atoms. The molecule has 0 saturated carbocycles. The van der Waals surface area contributed by atoms with Crippen LogP contribution in [0.5, 0.6) is 0 Å². The summed E-state index contributed by atoms with van der Waals surface area (Å²) in [5, 5.41) is 11.5. The van der Waals surface area contributed by atoms with Crippen molar-refractivity contribution in [1.82, 2.24) is 9.97 Å². The molecule has 1 heterocycles. The summed E-state index contributed by atoms with van der Waals surface area (Å²) in [5.74, 6) is 0.0348. The second kappa shape index (κ2) is 6.75. The van der Waals surface area contributed by atoms with Crippen molar-refractivity contribution in [3.05, 3.63) is 18.6 Å². The Balaban J connectivity index is 2.00. The van der Waals surface area contributed by atoms with E-state index in [9.17, 15) is 4.79 Å². The normalized spacial score (nSPS) is 9.87. The maximum atomic E-state index is 10.2. The third kappa shape index (κ3) is 5.61. The van der Waals surface area contributed by atoms with Crippen molar-refractivity contribution in [2.45, 2.75) is 25.7 Å². The van der Waals surface area contributed by atoms with Crippen LogP contribution >= 0.6 is 0 Å². The van der Waals surface area contributed by atoms with Gasteiger partial charge in [-0.2, -0.15) is 0 Å². The molecular formula is C10H15N3O2. The lowest BCUT2D eigenvalue weighted by molar-refractivity contribution is -0.137. The molecular weight excluding hydrogens is 194 g/mol. The number of carboxylic acid groups (broad SMARTS) is 1. The van der Waals surface area contributed by atoms with Crippen molar-refractivity contribution < 1.29 is 9.90 Å². The zero-order chi connectivity index (χ0) is 10.9. The van der Waals surface area contributed by atoms with Crippen LogP contribution in [-0.4, -0.2) is 27.6 Å². The smallest absolute Gasteiger partial charge is 0.303 e. The Labute approximate surface area is 88.6 Å². The summed E-state index contributed by atoms with van der Waals surface area (Å²) in [4.78, 5) is 18.2. The Morgan fingerprint density at radius 2 is 2.20 bits per heavy atom. The van der Waals surface area contributed by atoms with Gasteiger partial charge in [-0.3, -0.25) is 9.78 Å². The number of nitrogens with one attached hydrogen (secondary N) is 1. The maximum Gasteiger partial charge on any atom is 0.303 e. The van der Waals surface area contributed by atoms with E-state index in [-0.39, 0.29) is 6.42 Å². The zero-order valence-corrected chi connectivity index (χ0v) is 8.52. The fraction of sp³-hybridized carbons (Fsp3) is 0.500. The molecule has 0 aliphatic carbocycles. The Morgan fingerprint density at radius 1 is 1.33 bits per heavy atom. The summed E-state index contributed by atoms with van der Waals surface area (Å²) in [6, 6.07) is 0. The lowest BCUT2D eigenvalue weighted by Crippen LogP contribution is -2.03. The largest absolute Gasteiger partial charge is 0.481 e. The van der Waals surface area contributed by atoms with Crippen LogP contribution in [0.25, 0.3) is 0 Å². The highest BCUT2D eigenvalue weighted by Crippen LogP contribution is 2.02. The van der Waals surface area contributed by atoms with Gasteiger partial charge in [-0.25, -0.2) is 4.98 Å². The molecule has 15 heavy (non-hydrogen) atoms. The third-order valence-electron chi connectivity index (χ3n) is 1.94. The number of hydrogen-bond acceptors (Lipinski definition) is 4. The number of hydrogen-bond donors (Lipinski definition) is 2. The summed E-state index contributed by atoms with van der Waals surface area (Å²) in [6.45, 7) is 0.804. The molecule has 0 atom stereocenters. The summed E-state index contributed by atoms with van der Waals surface area (Å²) in [6.07, 6.45) is 7.77. The summed E-state index contributed by atoms with van der Waals surface area (Å²) in [7, 11) is 0. The maximum absolute atomic E-state index is 10.2. The van der Waals surface area contributed by atoms with E-state index in [0.29, 0.717) is 0 Å². The van der Waals surface area contributed by atoms with Crippen LogP contribution < -0.4 is 5.32 Å². The van der Waals surface area contributed by atoms with Crippen molar-refractivity contribution in [2.24, 2.45) is 0 Å². The van der Waals surface area contributed by atoms with Gasteiger partial charge >= 0.3 is 5.97 Å². The van der Waals surface area contributed by atoms with Crippen molar-refractivity contribution >= 4 is 11.8 Å². The van der Waals surface area contributed by atoms with Crippen LogP contribution in [0, 0.1) is 0 Å². The second-order valence-electron chi connectivity index (χ2n) is 3.22. The van der Waals surface area contributed by atoms with E-state index < -0.39 is 5.97 Å².